The van der Waals surface area contributed by atoms with Crippen LogP contribution in [0.25, 0.3) is 0 Å². The van der Waals surface area contributed by atoms with Crippen LogP contribution in [-0.4, -0.2) is 49.0 Å². The Hall–Kier alpha value is -1.37. The first-order valence-corrected chi connectivity index (χ1v) is 10.8. The van der Waals surface area contributed by atoms with E-state index in [0.717, 1.165) is 11.5 Å². The van der Waals surface area contributed by atoms with Crippen molar-refractivity contribution in [3.05, 3.63) is 11.8 Å². The molecule has 2 aliphatic rings. The van der Waals surface area contributed by atoms with Crippen LogP contribution >= 0.6 is 0 Å². The molecular formula is C17H28N4O2S. The number of aryl methyl sites for hydroxylation is 1. The lowest BCUT2D eigenvalue weighted by atomic mass is 10.1. The van der Waals surface area contributed by atoms with E-state index in [1.807, 2.05) is 24.9 Å². The lowest BCUT2D eigenvalue weighted by Gasteiger charge is -2.25. The average Bonchev–Trinajstić information content (AvgIpc) is 2.72. The van der Waals surface area contributed by atoms with Crippen molar-refractivity contribution < 1.29 is 8.42 Å². The maximum absolute atomic E-state index is 11.7. The highest BCUT2D eigenvalue weighted by Crippen LogP contribution is 2.24. The molecule has 7 heteroatoms. The van der Waals surface area contributed by atoms with Crippen molar-refractivity contribution in [3.63, 3.8) is 0 Å². The van der Waals surface area contributed by atoms with Gasteiger partial charge in [-0.15, -0.1) is 0 Å². The fraction of sp³-hybridized carbons (Fsp3) is 0.765. The summed E-state index contributed by atoms with van der Waals surface area (Å²) in [4.78, 5) is 11.2. The Kier molecular flexibility index (Phi) is 5.27. The lowest BCUT2D eigenvalue weighted by Crippen LogP contribution is -2.33. The Balaban J connectivity index is 1.73. The second-order valence-electron chi connectivity index (χ2n) is 7.19. The standard InChI is InChI=1S/C17H28N4O2S/c1-13-11-16(21(2)15-9-10-24(22,23)12-15)20-17(18-13)19-14-7-5-3-4-6-8-14/h11,14-15H,3-10,12H2,1-2H3,(H,18,19,20). The molecule has 0 amide bonds. The van der Waals surface area contributed by atoms with E-state index in [1.165, 1.54) is 38.5 Å². The van der Waals surface area contributed by atoms with Gasteiger partial charge in [-0.3, -0.25) is 0 Å². The molecule has 3 rings (SSSR count). The maximum atomic E-state index is 11.7. The summed E-state index contributed by atoms with van der Waals surface area (Å²) in [5, 5.41) is 3.50. The minimum Gasteiger partial charge on any atom is -0.355 e. The molecule has 1 aromatic rings. The molecule has 2 heterocycles. The van der Waals surface area contributed by atoms with Crippen molar-refractivity contribution in [3.8, 4) is 0 Å². The Morgan fingerprint density at radius 3 is 2.46 bits per heavy atom. The van der Waals surface area contributed by atoms with Gasteiger partial charge in [-0.1, -0.05) is 25.7 Å². The fourth-order valence-corrected chi connectivity index (χ4v) is 5.45. The molecule has 2 fully saturated rings. The number of sulfone groups is 1. The third-order valence-corrected chi connectivity index (χ3v) is 6.90. The van der Waals surface area contributed by atoms with Gasteiger partial charge in [0, 0.05) is 30.9 Å². The van der Waals surface area contributed by atoms with Crippen LogP contribution < -0.4 is 10.2 Å². The number of anilines is 2. The highest BCUT2D eigenvalue weighted by Gasteiger charge is 2.31. The van der Waals surface area contributed by atoms with Gasteiger partial charge >= 0.3 is 0 Å². The summed E-state index contributed by atoms with van der Waals surface area (Å²) in [5.74, 6) is 1.97. The molecule has 24 heavy (non-hydrogen) atoms. The zero-order valence-corrected chi connectivity index (χ0v) is 15.5. The zero-order valence-electron chi connectivity index (χ0n) is 14.7. The summed E-state index contributed by atoms with van der Waals surface area (Å²) in [6.45, 7) is 1.96. The number of rotatable bonds is 4. The summed E-state index contributed by atoms with van der Waals surface area (Å²) in [7, 11) is -0.963. The van der Waals surface area contributed by atoms with Crippen molar-refractivity contribution in [2.24, 2.45) is 0 Å². The first-order valence-electron chi connectivity index (χ1n) is 8.98. The first-order chi connectivity index (χ1) is 11.4. The van der Waals surface area contributed by atoms with Gasteiger partial charge in [0.1, 0.15) is 5.82 Å². The molecule has 1 aliphatic carbocycles. The van der Waals surface area contributed by atoms with Crippen LogP contribution in [0, 0.1) is 6.92 Å². The second kappa shape index (κ2) is 7.25. The van der Waals surface area contributed by atoms with E-state index in [-0.39, 0.29) is 17.5 Å². The van der Waals surface area contributed by atoms with Crippen molar-refractivity contribution in [1.29, 1.82) is 0 Å². The predicted octanol–water partition coefficient (Wildman–Crippen LogP) is 2.54. The third kappa shape index (κ3) is 4.37. The summed E-state index contributed by atoms with van der Waals surface area (Å²) in [6.07, 6.45) is 8.17. The quantitative estimate of drug-likeness (QED) is 0.839. The van der Waals surface area contributed by atoms with E-state index < -0.39 is 9.84 Å². The highest BCUT2D eigenvalue weighted by atomic mass is 32.2. The van der Waals surface area contributed by atoms with Crippen LogP contribution in [0.1, 0.15) is 50.6 Å². The Morgan fingerprint density at radius 1 is 1.12 bits per heavy atom. The Bertz CT molecular complexity index is 669. The van der Waals surface area contributed by atoms with Gasteiger partial charge in [0.05, 0.1) is 11.5 Å². The summed E-state index contributed by atoms with van der Waals surface area (Å²) < 4.78 is 23.5. The topological polar surface area (TPSA) is 75.2 Å². The average molecular weight is 353 g/mol. The molecule has 1 saturated heterocycles. The molecular weight excluding hydrogens is 324 g/mol. The van der Waals surface area contributed by atoms with E-state index >= 15 is 0 Å². The zero-order chi connectivity index (χ0) is 17.2. The van der Waals surface area contributed by atoms with Crippen LogP contribution in [-0.2, 0) is 9.84 Å². The van der Waals surface area contributed by atoms with E-state index in [1.54, 1.807) is 0 Å². The van der Waals surface area contributed by atoms with E-state index in [9.17, 15) is 8.42 Å². The monoisotopic (exact) mass is 352 g/mol. The second-order valence-corrected chi connectivity index (χ2v) is 9.42. The lowest BCUT2D eigenvalue weighted by molar-refractivity contribution is 0.600. The SMILES string of the molecule is Cc1cc(N(C)C2CCS(=O)(=O)C2)nc(NC2CCCCCC2)n1. The smallest absolute Gasteiger partial charge is 0.225 e. The van der Waals surface area contributed by atoms with Gasteiger partial charge in [0.15, 0.2) is 9.84 Å². The van der Waals surface area contributed by atoms with E-state index in [4.69, 9.17) is 0 Å². The van der Waals surface area contributed by atoms with Crippen LogP contribution in [0.3, 0.4) is 0 Å². The molecule has 1 unspecified atom stereocenters. The molecule has 1 saturated carbocycles. The highest BCUT2D eigenvalue weighted by molar-refractivity contribution is 7.91. The molecule has 0 aromatic carbocycles. The number of nitrogens with one attached hydrogen (secondary N) is 1. The van der Waals surface area contributed by atoms with Crippen LogP contribution in [0.4, 0.5) is 11.8 Å². The van der Waals surface area contributed by atoms with Crippen molar-refractivity contribution >= 4 is 21.6 Å². The van der Waals surface area contributed by atoms with Gasteiger partial charge in [-0.25, -0.2) is 13.4 Å². The van der Waals surface area contributed by atoms with Gasteiger partial charge in [-0.05, 0) is 26.2 Å². The minimum atomic E-state index is -2.90. The molecule has 134 valence electrons. The first kappa shape index (κ1) is 17.5. The van der Waals surface area contributed by atoms with E-state index in [0.29, 0.717) is 18.4 Å². The predicted molar refractivity (Wildman–Crippen MR) is 97.3 cm³/mol. The Morgan fingerprint density at radius 2 is 1.83 bits per heavy atom. The van der Waals surface area contributed by atoms with Gasteiger partial charge in [-0.2, -0.15) is 4.98 Å². The largest absolute Gasteiger partial charge is 0.355 e. The number of hydrogen-bond acceptors (Lipinski definition) is 6. The summed E-state index contributed by atoms with van der Waals surface area (Å²) >= 11 is 0. The molecule has 1 aliphatic heterocycles. The normalized spacial score (nSPS) is 24.5. The van der Waals surface area contributed by atoms with Gasteiger partial charge in [0.2, 0.25) is 5.95 Å². The number of hydrogen-bond donors (Lipinski definition) is 1. The number of aromatic nitrogens is 2. The molecule has 1 N–H and O–H groups in total. The fourth-order valence-electron chi connectivity index (χ4n) is 3.67. The molecule has 1 atom stereocenters. The third-order valence-electron chi connectivity index (χ3n) is 5.15. The summed E-state index contributed by atoms with van der Waals surface area (Å²) in [5.41, 5.74) is 0.906. The molecule has 1 aromatic heterocycles. The molecule has 6 nitrogen and oxygen atoms in total. The van der Waals surface area contributed by atoms with Gasteiger partial charge in [0.25, 0.3) is 0 Å². The Labute approximate surface area is 145 Å². The maximum Gasteiger partial charge on any atom is 0.225 e. The molecule has 0 bridgehead atoms. The minimum absolute atomic E-state index is 0.00929. The molecule has 0 radical (unpaired) electrons. The summed E-state index contributed by atoms with van der Waals surface area (Å²) in [6, 6.07) is 2.39. The van der Waals surface area contributed by atoms with Crippen LogP contribution in [0.5, 0.6) is 0 Å². The van der Waals surface area contributed by atoms with E-state index in [2.05, 4.69) is 15.3 Å². The van der Waals surface area contributed by atoms with Crippen LogP contribution in [0.2, 0.25) is 0 Å². The van der Waals surface area contributed by atoms with Crippen molar-refractivity contribution in [1.82, 2.24) is 9.97 Å². The van der Waals surface area contributed by atoms with Crippen molar-refractivity contribution in [2.75, 3.05) is 28.8 Å². The van der Waals surface area contributed by atoms with Gasteiger partial charge < -0.3 is 10.2 Å². The number of nitrogens with zero attached hydrogens (tertiary/aromatic N) is 3. The molecule has 0 spiro atoms. The van der Waals surface area contributed by atoms with Crippen LogP contribution in [0.15, 0.2) is 6.07 Å². The van der Waals surface area contributed by atoms with Crippen molar-refractivity contribution in [2.45, 2.75) is 64.0 Å².